The number of hydrogen-bond donors (Lipinski definition) is 0. The summed E-state index contributed by atoms with van der Waals surface area (Å²) in [4.78, 5) is 1.42. The minimum Gasteiger partial charge on any atom is -0.455 e. The summed E-state index contributed by atoms with van der Waals surface area (Å²) >= 11 is 0. The fourth-order valence-corrected chi connectivity index (χ4v) is 7.88. The molecule has 262 valence electrons. The van der Waals surface area contributed by atoms with E-state index in [1.54, 1.807) is 30.3 Å². The largest absolute Gasteiger partial charge is 0.455 e. The molecule has 1 heterocycles. The van der Waals surface area contributed by atoms with E-state index in [1.165, 1.54) is 4.90 Å². The van der Waals surface area contributed by atoms with Crippen molar-refractivity contribution in [3.8, 4) is 33.4 Å². The van der Waals surface area contributed by atoms with E-state index in [0.29, 0.717) is 38.8 Å². The Balaban J connectivity index is 1.20. The lowest BCUT2D eigenvalue weighted by Gasteiger charge is -2.27. The van der Waals surface area contributed by atoms with E-state index in [9.17, 15) is 11.0 Å². The first-order chi connectivity index (χ1) is 31.1. The topological polar surface area (TPSA) is 16.4 Å². The fraction of sp³-hybridized carbons (Fsp3) is 0. The summed E-state index contributed by atoms with van der Waals surface area (Å²) in [7, 11) is 0. The highest BCUT2D eigenvalue weighted by atomic mass is 16.3. The number of nitrogens with zero attached hydrogens (tertiary/aromatic N) is 1. The van der Waals surface area contributed by atoms with Crippen LogP contribution in [0.2, 0.25) is 0 Å². The molecule has 0 bridgehead atoms. The second-order valence-corrected chi connectivity index (χ2v) is 13.9. The Kier molecular flexibility index (Phi) is 5.83. The molecule has 0 aliphatic rings. The molecular formula is C54H35NO. The lowest BCUT2D eigenvalue weighted by molar-refractivity contribution is 0.672. The van der Waals surface area contributed by atoms with Gasteiger partial charge in [0.1, 0.15) is 11.2 Å². The van der Waals surface area contributed by atoms with Crippen LogP contribution in [-0.2, 0) is 0 Å². The summed E-state index contributed by atoms with van der Waals surface area (Å²) in [5.41, 5.74) is 3.97. The molecule has 0 atom stereocenters. The van der Waals surface area contributed by atoms with Crippen molar-refractivity contribution in [3.05, 3.63) is 212 Å². The molecule has 1 aromatic heterocycles. The number of fused-ring (bicyclic) bond motifs is 7. The van der Waals surface area contributed by atoms with Gasteiger partial charge in [0.2, 0.25) is 0 Å². The summed E-state index contributed by atoms with van der Waals surface area (Å²) in [5.74, 6) is 0. The van der Waals surface area contributed by atoms with Crippen molar-refractivity contribution in [2.75, 3.05) is 4.90 Å². The van der Waals surface area contributed by atoms with Crippen molar-refractivity contribution >= 4 is 71.3 Å². The molecule has 0 saturated heterocycles. The van der Waals surface area contributed by atoms with Crippen LogP contribution in [0.3, 0.4) is 0 Å². The predicted octanol–water partition coefficient (Wildman–Crippen LogP) is 15.5. The number of hydrogen-bond acceptors (Lipinski definition) is 2. The van der Waals surface area contributed by atoms with Gasteiger partial charge in [-0.3, -0.25) is 0 Å². The Morgan fingerprint density at radius 3 is 1.93 bits per heavy atom. The van der Waals surface area contributed by atoms with Gasteiger partial charge in [0.15, 0.2) is 0 Å². The zero-order valence-corrected chi connectivity index (χ0v) is 29.9. The molecule has 0 fully saturated rings. The van der Waals surface area contributed by atoms with E-state index >= 15 is 0 Å². The molecule has 11 aromatic rings. The van der Waals surface area contributed by atoms with Crippen molar-refractivity contribution in [2.24, 2.45) is 0 Å². The van der Waals surface area contributed by atoms with Gasteiger partial charge in [0.25, 0.3) is 0 Å². The first-order valence-corrected chi connectivity index (χ1v) is 18.5. The van der Waals surface area contributed by atoms with Gasteiger partial charge in [-0.2, -0.15) is 0 Å². The Morgan fingerprint density at radius 1 is 0.411 bits per heavy atom. The molecular weight excluding hydrogens is 679 g/mol. The van der Waals surface area contributed by atoms with Crippen LogP contribution in [-0.4, -0.2) is 0 Å². The quantitative estimate of drug-likeness (QED) is 0.170. The van der Waals surface area contributed by atoms with Gasteiger partial charge in [-0.25, -0.2) is 0 Å². The molecule has 0 N–H and O–H groups in total. The molecule has 0 amide bonds. The van der Waals surface area contributed by atoms with Crippen molar-refractivity contribution in [3.63, 3.8) is 0 Å². The molecule has 0 unspecified atom stereocenters. The first kappa shape index (κ1) is 24.8. The van der Waals surface area contributed by atoms with Crippen molar-refractivity contribution < 1.29 is 15.4 Å². The summed E-state index contributed by atoms with van der Waals surface area (Å²) in [6.45, 7) is 0. The predicted molar refractivity (Wildman–Crippen MR) is 237 cm³/mol. The highest BCUT2D eigenvalue weighted by molar-refractivity contribution is 6.19. The number of rotatable bonds is 6. The standard InChI is InChI=1S/C54H35NO/c1-2-14-40-34-43(26-25-36(40)11-1)42-17-7-16-41(33-42)37-27-30-45(31-28-37)55(46-19-8-18-44(35-46)48-22-9-15-38-12-3-5-20-47(38)48)51-23-10-24-52-53(51)50-32-29-39-13-4-6-21-49(39)54(50)56-52/h1-35H/i8D,18D,19D,27D,28D,30D,31D,35D. The highest BCUT2D eigenvalue weighted by Crippen LogP contribution is 2.45. The molecule has 0 aliphatic carbocycles. The second-order valence-electron chi connectivity index (χ2n) is 13.9. The van der Waals surface area contributed by atoms with Gasteiger partial charge in [-0.1, -0.05) is 158 Å². The maximum atomic E-state index is 9.98. The summed E-state index contributed by atoms with van der Waals surface area (Å²) < 4.78 is 83.4. The van der Waals surface area contributed by atoms with E-state index in [1.807, 2.05) is 127 Å². The lowest BCUT2D eigenvalue weighted by Crippen LogP contribution is -2.10. The molecule has 11 rings (SSSR count). The summed E-state index contributed by atoms with van der Waals surface area (Å²) in [5, 5.41) is 6.84. The van der Waals surface area contributed by atoms with E-state index in [-0.39, 0.29) is 46.7 Å². The number of benzene rings is 10. The molecule has 2 heteroatoms. The number of furan rings is 1. The molecule has 0 saturated carbocycles. The second kappa shape index (κ2) is 13.2. The minimum atomic E-state index is -0.474. The normalized spacial score (nSPS) is 13.6. The van der Waals surface area contributed by atoms with Crippen LogP contribution in [0.5, 0.6) is 0 Å². The zero-order valence-electron chi connectivity index (χ0n) is 37.9. The van der Waals surface area contributed by atoms with Crippen LogP contribution in [0.25, 0.3) is 87.6 Å². The molecule has 56 heavy (non-hydrogen) atoms. The van der Waals surface area contributed by atoms with Gasteiger partial charge in [0, 0.05) is 22.1 Å². The lowest BCUT2D eigenvalue weighted by atomic mass is 9.96. The van der Waals surface area contributed by atoms with Crippen LogP contribution in [0.15, 0.2) is 217 Å². The van der Waals surface area contributed by atoms with E-state index in [2.05, 4.69) is 6.07 Å². The Labute approximate surface area is 336 Å². The molecule has 0 radical (unpaired) electrons. The average Bonchev–Trinajstić information content (AvgIpc) is 3.72. The molecule has 0 spiro atoms. The fourth-order valence-electron chi connectivity index (χ4n) is 7.88. The molecule has 0 aliphatic heterocycles. The maximum Gasteiger partial charge on any atom is 0.143 e. The zero-order chi connectivity index (χ0) is 44.0. The minimum absolute atomic E-state index is 0.0936. The van der Waals surface area contributed by atoms with E-state index in [4.69, 9.17) is 4.42 Å². The number of anilines is 3. The van der Waals surface area contributed by atoms with Gasteiger partial charge < -0.3 is 9.32 Å². The first-order valence-electron chi connectivity index (χ1n) is 22.5. The summed E-state index contributed by atoms with van der Waals surface area (Å²) in [6.07, 6.45) is 0. The molecule has 10 aromatic carbocycles. The van der Waals surface area contributed by atoms with Crippen molar-refractivity contribution in [1.82, 2.24) is 0 Å². The third kappa shape index (κ3) is 5.42. The van der Waals surface area contributed by atoms with Gasteiger partial charge >= 0.3 is 0 Å². The maximum absolute atomic E-state index is 9.98. The van der Waals surface area contributed by atoms with Crippen LogP contribution >= 0.6 is 0 Å². The van der Waals surface area contributed by atoms with E-state index in [0.717, 1.165) is 43.4 Å². The van der Waals surface area contributed by atoms with Gasteiger partial charge in [0.05, 0.1) is 22.0 Å². The van der Waals surface area contributed by atoms with Crippen LogP contribution < -0.4 is 4.90 Å². The van der Waals surface area contributed by atoms with Gasteiger partial charge in [-0.15, -0.1) is 0 Å². The third-order valence-corrected chi connectivity index (χ3v) is 10.6. The van der Waals surface area contributed by atoms with Crippen LogP contribution in [0.4, 0.5) is 17.1 Å². The van der Waals surface area contributed by atoms with Crippen molar-refractivity contribution in [1.29, 1.82) is 0 Å². The van der Waals surface area contributed by atoms with Crippen molar-refractivity contribution in [2.45, 2.75) is 0 Å². The smallest absolute Gasteiger partial charge is 0.143 e. The van der Waals surface area contributed by atoms with Crippen LogP contribution in [0, 0.1) is 0 Å². The SMILES string of the molecule is [2H]c1c([2H])c(-c2cccc3ccccc23)c([2H])c(N(c2c([2H])c([2H])c(-c3cccc(-c4ccc5ccccc5c4)c3)c([2H])c2[2H])c2cccc3oc4c5ccccc5ccc4c23)c1[2H]. The van der Waals surface area contributed by atoms with Gasteiger partial charge in [-0.05, 0) is 115 Å². The monoisotopic (exact) mass is 721 g/mol. The average molecular weight is 722 g/mol. The van der Waals surface area contributed by atoms with Crippen LogP contribution in [0.1, 0.15) is 11.0 Å². The third-order valence-electron chi connectivity index (χ3n) is 10.6. The summed E-state index contributed by atoms with van der Waals surface area (Å²) in [6, 6.07) is 48.8. The Hall–Kier alpha value is -7.42. The Bertz CT molecular complexity index is 3710. The van der Waals surface area contributed by atoms with E-state index < -0.39 is 24.2 Å². The highest BCUT2D eigenvalue weighted by Gasteiger charge is 2.21. The Morgan fingerprint density at radius 2 is 1.07 bits per heavy atom. The molecule has 2 nitrogen and oxygen atoms in total.